The van der Waals surface area contributed by atoms with E-state index in [-0.39, 0.29) is 18.1 Å². The zero-order valence-corrected chi connectivity index (χ0v) is 14.2. The van der Waals surface area contributed by atoms with Crippen LogP contribution in [0.5, 0.6) is 0 Å². The number of aliphatic hydroxyl groups is 1. The summed E-state index contributed by atoms with van der Waals surface area (Å²) in [4.78, 5) is 22.4. The standard InChI is InChI=1S/C21H24O4/c22-19(17-8-4-3-5-9-17)14-12-16-13-15-20(23)18(16)10-6-1-2-7-11-21(24)25/h3-5,8-10,12-16,19,22H,1-2,6-7,11H2,(H,24,25)/b14-12+,18-10-. The van der Waals surface area contributed by atoms with Crippen molar-refractivity contribution < 1.29 is 19.8 Å². The van der Waals surface area contributed by atoms with E-state index >= 15 is 0 Å². The van der Waals surface area contributed by atoms with Gasteiger partial charge in [-0.15, -0.1) is 0 Å². The van der Waals surface area contributed by atoms with Crippen LogP contribution in [-0.4, -0.2) is 22.0 Å². The van der Waals surface area contributed by atoms with Crippen molar-refractivity contribution >= 4 is 11.8 Å². The summed E-state index contributed by atoms with van der Waals surface area (Å²) in [6.07, 6.45) is 11.5. The number of carbonyl (C=O) groups is 2. The fraction of sp³-hybridized carbons (Fsp3) is 0.333. The minimum atomic E-state index is -0.768. The second kappa shape index (κ2) is 9.74. The molecule has 0 saturated carbocycles. The van der Waals surface area contributed by atoms with E-state index in [0.717, 1.165) is 30.4 Å². The molecule has 0 aromatic heterocycles. The van der Waals surface area contributed by atoms with Gasteiger partial charge in [-0.2, -0.15) is 0 Å². The molecule has 0 bridgehead atoms. The quantitative estimate of drug-likeness (QED) is 0.405. The second-order valence-electron chi connectivity index (χ2n) is 6.14. The van der Waals surface area contributed by atoms with Gasteiger partial charge in [0.25, 0.3) is 0 Å². The number of unbranched alkanes of at least 4 members (excludes halogenated alkanes) is 3. The molecule has 0 amide bonds. The molecule has 2 atom stereocenters. The molecule has 1 aromatic carbocycles. The molecule has 0 fully saturated rings. The lowest BCUT2D eigenvalue weighted by Gasteiger charge is -2.08. The number of ketones is 1. The van der Waals surface area contributed by atoms with Crippen LogP contribution < -0.4 is 0 Å². The van der Waals surface area contributed by atoms with E-state index in [9.17, 15) is 14.7 Å². The Bertz CT molecular complexity index is 670. The van der Waals surface area contributed by atoms with Crippen molar-refractivity contribution in [1.82, 2.24) is 0 Å². The van der Waals surface area contributed by atoms with Crippen LogP contribution in [-0.2, 0) is 9.59 Å². The first-order valence-corrected chi connectivity index (χ1v) is 8.63. The van der Waals surface area contributed by atoms with Crippen LogP contribution in [0, 0.1) is 5.92 Å². The van der Waals surface area contributed by atoms with Crippen molar-refractivity contribution in [3.63, 3.8) is 0 Å². The Labute approximate surface area is 148 Å². The van der Waals surface area contributed by atoms with Crippen molar-refractivity contribution in [3.8, 4) is 0 Å². The number of allylic oxidation sites excluding steroid dienone is 5. The van der Waals surface area contributed by atoms with Crippen LogP contribution in [0.2, 0.25) is 0 Å². The van der Waals surface area contributed by atoms with Gasteiger partial charge in [-0.25, -0.2) is 0 Å². The Hall–Kier alpha value is -2.46. The lowest BCUT2D eigenvalue weighted by atomic mass is 9.98. The van der Waals surface area contributed by atoms with E-state index in [0.29, 0.717) is 6.42 Å². The number of hydrogen-bond donors (Lipinski definition) is 2. The van der Waals surface area contributed by atoms with Gasteiger partial charge in [0.2, 0.25) is 0 Å². The maximum Gasteiger partial charge on any atom is 0.303 e. The molecule has 132 valence electrons. The van der Waals surface area contributed by atoms with Gasteiger partial charge < -0.3 is 10.2 Å². The van der Waals surface area contributed by atoms with Gasteiger partial charge in [-0.3, -0.25) is 9.59 Å². The second-order valence-corrected chi connectivity index (χ2v) is 6.14. The Balaban J connectivity index is 1.87. The van der Waals surface area contributed by atoms with E-state index in [2.05, 4.69) is 0 Å². The molecule has 0 heterocycles. The van der Waals surface area contributed by atoms with Crippen LogP contribution in [0.4, 0.5) is 0 Å². The normalized spacial score (nSPS) is 19.8. The minimum Gasteiger partial charge on any atom is -0.481 e. The molecule has 25 heavy (non-hydrogen) atoms. The van der Waals surface area contributed by atoms with E-state index in [1.165, 1.54) is 0 Å². The molecule has 4 heteroatoms. The smallest absolute Gasteiger partial charge is 0.303 e. The highest BCUT2D eigenvalue weighted by molar-refractivity contribution is 6.07. The van der Waals surface area contributed by atoms with Gasteiger partial charge in [-0.1, -0.05) is 61.1 Å². The SMILES string of the molecule is O=C(O)CCCCC/C=C1\C(=O)C=CC1/C=C/C(O)c1ccccc1. The molecular formula is C21H24O4. The molecule has 2 N–H and O–H groups in total. The highest BCUT2D eigenvalue weighted by Gasteiger charge is 2.20. The number of rotatable bonds is 9. The van der Waals surface area contributed by atoms with Crippen LogP contribution in [0.25, 0.3) is 0 Å². The number of benzene rings is 1. The van der Waals surface area contributed by atoms with E-state index in [4.69, 9.17) is 5.11 Å². The number of carbonyl (C=O) groups excluding carboxylic acids is 1. The molecule has 1 aliphatic carbocycles. The van der Waals surface area contributed by atoms with Crippen LogP contribution >= 0.6 is 0 Å². The van der Waals surface area contributed by atoms with Crippen LogP contribution in [0.3, 0.4) is 0 Å². The lowest BCUT2D eigenvalue weighted by molar-refractivity contribution is -0.137. The summed E-state index contributed by atoms with van der Waals surface area (Å²) in [6.45, 7) is 0. The third kappa shape index (κ3) is 6.16. The average Bonchev–Trinajstić information content (AvgIpc) is 2.96. The fourth-order valence-corrected chi connectivity index (χ4v) is 2.80. The molecule has 2 unspecified atom stereocenters. The summed E-state index contributed by atoms with van der Waals surface area (Å²) < 4.78 is 0. The predicted molar refractivity (Wildman–Crippen MR) is 97.0 cm³/mol. The van der Waals surface area contributed by atoms with Gasteiger partial charge in [0.1, 0.15) is 0 Å². The largest absolute Gasteiger partial charge is 0.481 e. The van der Waals surface area contributed by atoms with E-state index in [1.54, 1.807) is 12.2 Å². The number of aliphatic hydroxyl groups excluding tert-OH is 1. The summed E-state index contributed by atoms with van der Waals surface area (Å²) in [5.74, 6) is -0.866. The Morgan fingerprint density at radius 2 is 1.92 bits per heavy atom. The van der Waals surface area contributed by atoms with Crippen LogP contribution in [0.1, 0.15) is 43.8 Å². The molecule has 1 aliphatic rings. The summed E-state index contributed by atoms with van der Waals surface area (Å²) in [5, 5.41) is 18.8. The third-order valence-electron chi connectivity index (χ3n) is 4.20. The van der Waals surface area contributed by atoms with Gasteiger partial charge >= 0.3 is 5.97 Å². The molecule has 0 spiro atoms. The predicted octanol–water partition coefficient (Wildman–Crippen LogP) is 3.99. The molecule has 0 saturated heterocycles. The van der Waals surface area contributed by atoms with Crippen molar-refractivity contribution in [2.75, 3.05) is 0 Å². The molecular weight excluding hydrogens is 316 g/mol. The minimum absolute atomic E-state index is 0.00869. The monoisotopic (exact) mass is 340 g/mol. The Morgan fingerprint density at radius 1 is 1.16 bits per heavy atom. The first-order chi connectivity index (χ1) is 12.1. The molecule has 1 aromatic rings. The Morgan fingerprint density at radius 3 is 2.64 bits per heavy atom. The van der Waals surface area contributed by atoms with Crippen molar-refractivity contribution in [1.29, 1.82) is 0 Å². The number of carboxylic acids is 1. The van der Waals surface area contributed by atoms with Gasteiger partial charge in [-0.05, 0) is 30.9 Å². The van der Waals surface area contributed by atoms with E-state index in [1.807, 2.05) is 48.6 Å². The molecule has 0 radical (unpaired) electrons. The van der Waals surface area contributed by atoms with Crippen molar-refractivity contribution in [2.24, 2.45) is 5.92 Å². The maximum absolute atomic E-state index is 12.0. The third-order valence-corrected chi connectivity index (χ3v) is 4.20. The molecule has 0 aliphatic heterocycles. The Kier molecular flexibility index (Phi) is 7.36. The topological polar surface area (TPSA) is 74.6 Å². The number of hydrogen-bond acceptors (Lipinski definition) is 3. The van der Waals surface area contributed by atoms with Gasteiger partial charge in [0.15, 0.2) is 5.78 Å². The highest BCUT2D eigenvalue weighted by atomic mass is 16.4. The fourth-order valence-electron chi connectivity index (χ4n) is 2.80. The van der Waals surface area contributed by atoms with Crippen LogP contribution in [0.15, 0.2) is 66.3 Å². The first kappa shape index (κ1) is 18.9. The number of aliphatic carboxylic acids is 1. The highest BCUT2D eigenvalue weighted by Crippen LogP contribution is 2.25. The zero-order valence-electron chi connectivity index (χ0n) is 14.2. The summed E-state index contributed by atoms with van der Waals surface area (Å²) in [5.41, 5.74) is 1.55. The van der Waals surface area contributed by atoms with Crippen molar-refractivity contribution in [2.45, 2.75) is 38.2 Å². The first-order valence-electron chi connectivity index (χ1n) is 8.63. The number of carboxylic acid groups (broad SMARTS) is 1. The molecule has 4 nitrogen and oxygen atoms in total. The van der Waals surface area contributed by atoms with Gasteiger partial charge in [0, 0.05) is 17.9 Å². The molecule has 2 rings (SSSR count). The zero-order chi connectivity index (χ0) is 18.1. The average molecular weight is 340 g/mol. The van der Waals surface area contributed by atoms with Gasteiger partial charge in [0.05, 0.1) is 6.10 Å². The summed E-state index contributed by atoms with van der Waals surface area (Å²) in [7, 11) is 0. The maximum atomic E-state index is 12.0. The lowest BCUT2D eigenvalue weighted by Crippen LogP contribution is -2.01. The van der Waals surface area contributed by atoms with Crippen molar-refractivity contribution in [3.05, 3.63) is 71.8 Å². The summed E-state index contributed by atoms with van der Waals surface area (Å²) >= 11 is 0. The van der Waals surface area contributed by atoms with E-state index < -0.39 is 12.1 Å². The summed E-state index contributed by atoms with van der Waals surface area (Å²) in [6, 6.07) is 9.37.